The fourth-order valence-corrected chi connectivity index (χ4v) is 3.85. The first-order valence-electron chi connectivity index (χ1n) is 11.0. The molecule has 33 heavy (non-hydrogen) atoms. The third-order valence-electron chi connectivity index (χ3n) is 5.41. The van der Waals surface area contributed by atoms with Crippen molar-refractivity contribution in [2.75, 3.05) is 39.5 Å². The average Bonchev–Trinajstić information content (AvgIpc) is 2.80. The van der Waals surface area contributed by atoms with Gasteiger partial charge in [-0.3, -0.25) is 9.88 Å². The predicted octanol–water partition coefficient (Wildman–Crippen LogP) is 6.19. The van der Waals surface area contributed by atoms with Crippen LogP contribution in [0, 0.1) is 0 Å². The molecule has 180 valence electrons. The average molecular weight is 514 g/mol. The first kappa shape index (κ1) is 27.5. The highest BCUT2D eigenvalue weighted by Crippen LogP contribution is 2.26. The molecule has 5 nitrogen and oxygen atoms in total. The fourth-order valence-electron chi connectivity index (χ4n) is 3.68. The lowest BCUT2D eigenvalue weighted by atomic mass is 10.2. The van der Waals surface area contributed by atoms with Crippen LogP contribution in [-0.2, 0) is 11.3 Å². The van der Waals surface area contributed by atoms with E-state index in [9.17, 15) is 0 Å². The third-order valence-corrected chi connectivity index (χ3v) is 5.65. The van der Waals surface area contributed by atoms with Gasteiger partial charge in [-0.1, -0.05) is 23.7 Å². The summed E-state index contributed by atoms with van der Waals surface area (Å²) in [6.45, 7) is 6.06. The van der Waals surface area contributed by atoms with Gasteiger partial charge in [-0.25, -0.2) is 0 Å². The second-order valence-electron chi connectivity index (χ2n) is 7.76. The third kappa shape index (κ3) is 8.51. The molecule has 0 amide bonds. The summed E-state index contributed by atoms with van der Waals surface area (Å²) in [7, 11) is 0. The van der Waals surface area contributed by atoms with E-state index in [2.05, 4.69) is 34.1 Å². The summed E-state index contributed by atoms with van der Waals surface area (Å²) in [4.78, 5) is 6.77. The zero-order chi connectivity index (χ0) is 21.3. The second-order valence-corrected chi connectivity index (χ2v) is 8.20. The van der Waals surface area contributed by atoms with Crippen molar-refractivity contribution in [3.63, 3.8) is 0 Å². The van der Waals surface area contributed by atoms with Gasteiger partial charge in [0.1, 0.15) is 11.5 Å². The van der Waals surface area contributed by atoms with Crippen LogP contribution in [0.1, 0.15) is 24.8 Å². The maximum absolute atomic E-state index is 6.04. The van der Waals surface area contributed by atoms with E-state index in [-0.39, 0.29) is 24.8 Å². The molecule has 0 saturated carbocycles. The van der Waals surface area contributed by atoms with Gasteiger partial charge in [0.2, 0.25) is 0 Å². The van der Waals surface area contributed by atoms with Crippen LogP contribution < -0.4 is 9.47 Å². The van der Waals surface area contributed by atoms with Crippen LogP contribution in [0.25, 0.3) is 10.9 Å². The number of morpholine rings is 1. The van der Waals surface area contributed by atoms with Crippen LogP contribution in [0.2, 0.25) is 5.02 Å². The highest BCUT2D eigenvalue weighted by Gasteiger charge is 2.10. The van der Waals surface area contributed by atoms with Gasteiger partial charge in [-0.05, 0) is 61.2 Å². The van der Waals surface area contributed by atoms with Crippen molar-refractivity contribution < 1.29 is 14.2 Å². The standard InChI is InChI=1S/C25H29ClN2O3.2ClH/c26-21-6-9-23-24(18-21)27-11-10-25(23)31-15-3-1-2-14-30-22-7-4-20(5-8-22)19-28-12-16-29-17-13-28;;/h4-11,18H,1-3,12-17,19H2;2*1H. The van der Waals surface area contributed by atoms with Crippen molar-refractivity contribution in [3.05, 3.63) is 65.3 Å². The maximum Gasteiger partial charge on any atom is 0.130 e. The molecule has 0 bridgehead atoms. The highest BCUT2D eigenvalue weighted by atomic mass is 35.5. The van der Waals surface area contributed by atoms with Crippen molar-refractivity contribution in [2.45, 2.75) is 25.8 Å². The molecule has 0 radical (unpaired) electrons. The number of hydrogen-bond acceptors (Lipinski definition) is 5. The molecule has 1 aliphatic rings. The lowest BCUT2D eigenvalue weighted by molar-refractivity contribution is 0.0342. The molecule has 1 aliphatic heterocycles. The molecular weight excluding hydrogens is 483 g/mol. The first-order valence-corrected chi connectivity index (χ1v) is 11.3. The quantitative estimate of drug-likeness (QED) is 0.302. The highest BCUT2D eigenvalue weighted by molar-refractivity contribution is 6.31. The van der Waals surface area contributed by atoms with Gasteiger partial charge >= 0.3 is 0 Å². The van der Waals surface area contributed by atoms with Crippen LogP contribution in [0.4, 0.5) is 0 Å². The maximum atomic E-state index is 6.04. The van der Waals surface area contributed by atoms with Crippen molar-refractivity contribution in [3.8, 4) is 11.5 Å². The van der Waals surface area contributed by atoms with E-state index in [1.165, 1.54) is 5.56 Å². The molecule has 0 spiro atoms. The summed E-state index contributed by atoms with van der Waals surface area (Å²) in [6, 6.07) is 16.0. The Balaban J connectivity index is 0.00000193. The summed E-state index contributed by atoms with van der Waals surface area (Å²) >= 11 is 6.04. The van der Waals surface area contributed by atoms with E-state index < -0.39 is 0 Å². The Hall–Kier alpha value is -1.76. The summed E-state index contributed by atoms with van der Waals surface area (Å²) in [5.74, 6) is 1.79. The van der Waals surface area contributed by atoms with Crippen LogP contribution in [0.15, 0.2) is 54.7 Å². The number of halogens is 3. The van der Waals surface area contributed by atoms with Crippen LogP contribution in [-0.4, -0.2) is 49.4 Å². The van der Waals surface area contributed by atoms with E-state index in [1.807, 2.05) is 24.3 Å². The minimum Gasteiger partial charge on any atom is -0.494 e. The Kier molecular flexibility index (Phi) is 12.1. The van der Waals surface area contributed by atoms with Crippen LogP contribution in [0.5, 0.6) is 11.5 Å². The molecule has 0 atom stereocenters. The van der Waals surface area contributed by atoms with E-state index in [0.29, 0.717) is 11.6 Å². The second kappa shape index (κ2) is 14.5. The summed E-state index contributed by atoms with van der Waals surface area (Å²) in [5.41, 5.74) is 2.17. The number of benzene rings is 2. The van der Waals surface area contributed by atoms with E-state index in [0.717, 1.165) is 81.1 Å². The molecule has 2 heterocycles. The summed E-state index contributed by atoms with van der Waals surface area (Å²) in [5, 5.41) is 1.68. The van der Waals surface area contributed by atoms with Crippen molar-refractivity contribution in [2.24, 2.45) is 0 Å². The van der Waals surface area contributed by atoms with Gasteiger partial charge in [0.05, 0.1) is 31.9 Å². The minimum absolute atomic E-state index is 0. The summed E-state index contributed by atoms with van der Waals surface area (Å²) < 4.78 is 17.3. The molecule has 3 aromatic rings. The monoisotopic (exact) mass is 512 g/mol. The van der Waals surface area contributed by atoms with E-state index in [4.69, 9.17) is 25.8 Å². The number of hydrogen-bond donors (Lipinski definition) is 0. The smallest absolute Gasteiger partial charge is 0.130 e. The number of pyridine rings is 1. The molecule has 8 heteroatoms. The van der Waals surface area contributed by atoms with Crippen LogP contribution in [0.3, 0.4) is 0 Å². The largest absolute Gasteiger partial charge is 0.494 e. The van der Waals surface area contributed by atoms with Gasteiger partial charge in [0.15, 0.2) is 0 Å². The SMILES string of the molecule is Cl.Cl.Clc1ccc2c(OCCCCCOc3ccc(CN4CCOCC4)cc3)ccnc2c1. The zero-order valence-electron chi connectivity index (χ0n) is 18.6. The fraction of sp³-hybridized carbons (Fsp3) is 0.400. The molecule has 0 aliphatic carbocycles. The molecular formula is C25H31Cl3N2O3. The van der Waals surface area contributed by atoms with Gasteiger partial charge in [0.25, 0.3) is 0 Å². The normalized spacial score (nSPS) is 13.7. The number of fused-ring (bicyclic) bond motifs is 1. The van der Waals surface area contributed by atoms with Gasteiger partial charge in [0, 0.05) is 36.2 Å². The number of unbranched alkanes of at least 4 members (excludes halogenated alkanes) is 2. The van der Waals surface area contributed by atoms with Crippen molar-refractivity contribution in [1.29, 1.82) is 0 Å². The first-order chi connectivity index (χ1) is 15.3. The minimum atomic E-state index is 0. The summed E-state index contributed by atoms with van der Waals surface area (Å²) in [6.07, 6.45) is 4.81. The molecule has 4 rings (SSSR count). The Morgan fingerprint density at radius 3 is 2.36 bits per heavy atom. The predicted molar refractivity (Wildman–Crippen MR) is 139 cm³/mol. The number of nitrogens with zero attached hydrogens (tertiary/aromatic N) is 2. The van der Waals surface area contributed by atoms with E-state index >= 15 is 0 Å². The molecule has 0 N–H and O–H groups in total. The van der Waals surface area contributed by atoms with Gasteiger partial charge < -0.3 is 14.2 Å². The number of ether oxygens (including phenoxy) is 3. The Morgan fingerprint density at radius 2 is 1.61 bits per heavy atom. The van der Waals surface area contributed by atoms with Crippen LogP contribution >= 0.6 is 36.4 Å². The molecule has 1 aromatic heterocycles. The van der Waals surface area contributed by atoms with Crippen molar-refractivity contribution in [1.82, 2.24) is 9.88 Å². The topological polar surface area (TPSA) is 43.8 Å². The molecule has 0 unspecified atom stereocenters. The zero-order valence-corrected chi connectivity index (χ0v) is 21.0. The van der Waals surface area contributed by atoms with Gasteiger partial charge in [-0.2, -0.15) is 0 Å². The van der Waals surface area contributed by atoms with E-state index in [1.54, 1.807) is 6.20 Å². The molecule has 2 aromatic carbocycles. The lowest BCUT2D eigenvalue weighted by Crippen LogP contribution is -2.35. The lowest BCUT2D eigenvalue weighted by Gasteiger charge is -2.26. The number of rotatable bonds is 10. The molecule has 1 fully saturated rings. The molecule has 1 saturated heterocycles. The Morgan fingerprint density at radius 1 is 0.879 bits per heavy atom. The Labute approximate surface area is 213 Å². The number of aromatic nitrogens is 1. The van der Waals surface area contributed by atoms with Gasteiger partial charge in [-0.15, -0.1) is 24.8 Å². The van der Waals surface area contributed by atoms with Crippen molar-refractivity contribution >= 4 is 47.3 Å². The Bertz CT molecular complexity index is 967.